The van der Waals surface area contributed by atoms with Crippen molar-refractivity contribution in [2.24, 2.45) is 5.73 Å². The van der Waals surface area contributed by atoms with Gasteiger partial charge in [0.25, 0.3) is 5.91 Å². The zero-order chi connectivity index (χ0) is 18.4. The number of benzene rings is 2. The van der Waals surface area contributed by atoms with E-state index in [0.717, 1.165) is 18.8 Å². The molecule has 0 saturated carbocycles. The summed E-state index contributed by atoms with van der Waals surface area (Å²) in [4.78, 5) is 25.4. The molecule has 136 valence electrons. The van der Waals surface area contributed by atoms with E-state index in [1.807, 2.05) is 24.3 Å². The second kappa shape index (κ2) is 8.38. The lowest BCUT2D eigenvalue weighted by Crippen LogP contribution is -2.29. The number of nitrogens with zero attached hydrogens (tertiary/aromatic N) is 1. The highest BCUT2D eigenvalue weighted by molar-refractivity contribution is 5.93. The zero-order valence-corrected chi connectivity index (χ0v) is 14.6. The molecule has 1 aliphatic rings. The van der Waals surface area contributed by atoms with Crippen molar-refractivity contribution in [3.8, 4) is 5.75 Å². The van der Waals surface area contributed by atoms with Crippen LogP contribution in [0.1, 0.15) is 29.6 Å². The highest BCUT2D eigenvalue weighted by Gasteiger charge is 2.11. The Morgan fingerprint density at radius 3 is 2.23 bits per heavy atom. The number of anilines is 2. The predicted molar refractivity (Wildman–Crippen MR) is 102 cm³/mol. The van der Waals surface area contributed by atoms with Crippen molar-refractivity contribution in [3.63, 3.8) is 0 Å². The van der Waals surface area contributed by atoms with Crippen molar-refractivity contribution in [2.75, 3.05) is 29.9 Å². The van der Waals surface area contributed by atoms with Gasteiger partial charge in [0.15, 0.2) is 6.61 Å². The van der Waals surface area contributed by atoms with E-state index < -0.39 is 5.91 Å². The topological polar surface area (TPSA) is 84.7 Å². The van der Waals surface area contributed by atoms with Crippen molar-refractivity contribution >= 4 is 23.2 Å². The maximum absolute atomic E-state index is 12.0. The molecule has 0 aromatic heterocycles. The summed E-state index contributed by atoms with van der Waals surface area (Å²) in [5.74, 6) is -0.234. The number of ether oxygens (including phenoxy) is 1. The van der Waals surface area contributed by atoms with Gasteiger partial charge in [0, 0.05) is 30.0 Å². The van der Waals surface area contributed by atoms with E-state index >= 15 is 0 Å². The fraction of sp³-hybridized carbons (Fsp3) is 0.300. The minimum absolute atomic E-state index is 0.107. The van der Waals surface area contributed by atoms with E-state index in [2.05, 4.69) is 10.2 Å². The first-order valence-electron chi connectivity index (χ1n) is 8.79. The van der Waals surface area contributed by atoms with Gasteiger partial charge in [-0.1, -0.05) is 0 Å². The number of amides is 2. The predicted octanol–water partition coefficient (Wildman–Crippen LogP) is 2.79. The highest BCUT2D eigenvalue weighted by Crippen LogP contribution is 2.21. The van der Waals surface area contributed by atoms with E-state index in [1.54, 1.807) is 24.3 Å². The molecule has 6 heteroatoms. The minimum Gasteiger partial charge on any atom is -0.484 e. The molecule has 1 aliphatic heterocycles. The lowest BCUT2D eigenvalue weighted by atomic mass is 10.1. The summed E-state index contributed by atoms with van der Waals surface area (Å²) in [6.45, 7) is 2.08. The average molecular weight is 353 g/mol. The Morgan fingerprint density at radius 1 is 0.962 bits per heavy atom. The Kier molecular flexibility index (Phi) is 5.73. The molecular formula is C20H23N3O3. The Hall–Kier alpha value is -3.02. The molecule has 0 radical (unpaired) electrons. The van der Waals surface area contributed by atoms with Crippen molar-refractivity contribution in [3.05, 3.63) is 54.1 Å². The van der Waals surface area contributed by atoms with E-state index in [9.17, 15) is 9.59 Å². The third-order valence-corrected chi connectivity index (χ3v) is 4.38. The Labute approximate surface area is 152 Å². The summed E-state index contributed by atoms with van der Waals surface area (Å²) in [5, 5.41) is 2.82. The molecule has 3 N–H and O–H groups in total. The number of nitrogens with one attached hydrogen (secondary N) is 1. The van der Waals surface area contributed by atoms with Crippen LogP contribution in [0.2, 0.25) is 0 Å². The van der Waals surface area contributed by atoms with Crippen LogP contribution in [0.15, 0.2) is 48.5 Å². The fourth-order valence-electron chi connectivity index (χ4n) is 2.97. The summed E-state index contributed by atoms with van der Waals surface area (Å²) in [7, 11) is 0. The van der Waals surface area contributed by atoms with Crippen LogP contribution in [0.3, 0.4) is 0 Å². The van der Waals surface area contributed by atoms with Gasteiger partial charge >= 0.3 is 0 Å². The molecule has 2 aromatic carbocycles. The number of hydrogen-bond donors (Lipinski definition) is 2. The standard InChI is InChI=1S/C20H23N3O3/c21-20(25)15-4-10-18(11-5-15)26-14-19(24)22-16-6-8-17(9-7-16)23-12-2-1-3-13-23/h4-11H,1-3,12-14H2,(H2,21,25)(H,22,24). The van der Waals surface area contributed by atoms with Crippen LogP contribution in [-0.2, 0) is 4.79 Å². The summed E-state index contributed by atoms with van der Waals surface area (Å²) >= 11 is 0. The monoisotopic (exact) mass is 353 g/mol. The molecule has 0 spiro atoms. The zero-order valence-electron chi connectivity index (χ0n) is 14.6. The molecule has 0 bridgehead atoms. The summed E-state index contributed by atoms with van der Waals surface area (Å²) in [6, 6.07) is 14.2. The number of carbonyl (C=O) groups excluding carboxylic acids is 2. The van der Waals surface area contributed by atoms with Crippen molar-refractivity contribution in [1.29, 1.82) is 0 Å². The second-order valence-corrected chi connectivity index (χ2v) is 6.32. The summed E-state index contributed by atoms with van der Waals surface area (Å²) < 4.78 is 5.42. The van der Waals surface area contributed by atoms with E-state index in [1.165, 1.54) is 24.9 Å². The van der Waals surface area contributed by atoms with Crippen molar-refractivity contribution in [1.82, 2.24) is 0 Å². The van der Waals surface area contributed by atoms with E-state index in [4.69, 9.17) is 10.5 Å². The van der Waals surface area contributed by atoms with Gasteiger partial charge in [0.1, 0.15) is 5.75 Å². The van der Waals surface area contributed by atoms with Gasteiger partial charge in [-0.15, -0.1) is 0 Å². The van der Waals surface area contributed by atoms with Crippen LogP contribution in [-0.4, -0.2) is 31.5 Å². The summed E-state index contributed by atoms with van der Waals surface area (Å²) in [6.07, 6.45) is 3.77. The Bertz CT molecular complexity index is 751. The highest BCUT2D eigenvalue weighted by atomic mass is 16.5. The molecule has 6 nitrogen and oxygen atoms in total. The number of primary amides is 1. The van der Waals surface area contributed by atoms with E-state index in [0.29, 0.717) is 11.3 Å². The molecule has 1 saturated heterocycles. The third-order valence-electron chi connectivity index (χ3n) is 4.38. The van der Waals surface area contributed by atoms with Crippen LogP contribution in [0.25, 0.3) is 0 Å². The number of piperidine rings is 1. The van der Waals surface area contributed by atoms with Crippen molar-refractivity contribution in [2.45, 2.75) is 19.3 Å². The molecule has 2 aromatic rings. The SMILES string of the molecule is NC(=O)c1ccc(OCC(=O)Nc2ccc(N3CCCCC3)cc2)cc1. The third kappa shape index (κ3) is 4.75. The van der Waals surface area contributed by atoms with Gasteiger partial charge in [0.05, 0.1) is 0 Å². The maximum atomic E-state index is 12.0. The smallest absolute Gasteiger partial charge is 0.262 e. The second-order valence-electron chi connectivity index (χ2n) is 6.32. The molecule has 1 fully saturated rings. The molecular weight excluding hydrogens is 330 g/mol. The number of carbonyl (C=O) groups is 2. The average Bonchev–Trinajstić information content (AvgIpc) is 2.68. The van der Waals surface area contributed by atoms with Gasteiger partial charge in [-0.25, -0.2) is 0 Å². The Balaban J connectivity index is 1.49. The van der Waals surface area contributed by atoms with Gasteiger partial charge in [-0.05, 0) is 67.8 Å². The number of nitrogens with two attached hydrogens (primary N) is 1. The van der Waals surface area contributed by atoms with Crippen LogP contribution in [0.5, 0.6) is 5.75 Å². The lowest BCUT2D eigenvalue weighted by Gasteiger charge is -2.28. The van der Waals surface area contributed by atoms with Gasteiger partial charge in [-0.2, -0.15) is 0 Å². The molecule has 3 rings (SSSR count). The first kappa shape index (κ1) is 17.8. The molecule has 0 aliphatic carbocycles. The molecule has 0 unspecified atom stereocenters. The number of rotatable bonds is 6. The van der Waals surface area contributed by atoms with Gasteiger partial charge < -0.3 is 20.7 Å². The minimum atomic E-state index is -0.498. The van der Waals surface area contributed by atoms with Gasteiger partial charge in [-0.3, -0.25) is 9.59 Å². The number of hydrogen-bond acceptors (Lipinski definition) is 4. The fourth-order valence-corrected chi connectivity index (χ4v) is 2.97. The normalized spacial score (nSPS) is 13.9. The van der Waals surface area contributed by atoms with E-state index in [-0.39, 0.29) is 12.5 Å². The van der Waals surface area contributed by atoms with Crippen LogP contribution in [0, 0.1) is 0 Å². The van der Waals surface area contributed by atoms with Crippen LogP contribution < -0.4 is 20.7 Å². The summed E-state index contributed by atoms with van der Waals surface area (Å²) in [5.41, 5.74) is 7.51. The largest absolute Gasteiger partial charge is 0.484 e. The molecule has 1 heterocycles. The van der Waals surface area contributed by atoms with Crippen LogP contribution >= 0.6 is 0 Å². The van der Waals surface area contributed by atoms with Crippen LogP contribution in [0.4, 0.5) is 11.4 Å². The quantitative estimate of drug-likeness (QED) is 0.836. The molecule has 2 amide bonds. The Morgan fingerprint density at radius 2 is 1.62 bits per heavy atom. The maximum Gasteiger partial charge on any atom is 0.262 e. The lowest BCUT2D eigenvalue weighted by molar-refractivity contribution is -0.118. The molecule has 26 heavy (non-hydrogen) atoms. The first-order valence-corrected chi connectivity index (χ1v) is 8.79. The van der Waals surface area contributed by atoms with Gasteiger partial charge in [0.2, 0.25) is 5.91 Å². The first-order chi connectivity index (χ1) is 12.6. The molecule has 0 atom stereocenters. The van der Waals surface area contributed by atoms with Crippen molar-refractivity contribution < 1.29 is 14.3 Å².